The van der Waals surface area contributed by atoms with Gasteiger partial charge in [-0.2, -0.15) is 0 Å². The maximum Gasteiger partial charge on any atom is 0.246 e. The van der Waals surface area contributed by atoms with Crippen LogP contribution in [0.25, 0.3) is 10.1 Å². The van der Waals surface area contributed by atoms with Gasteiger partial charge in [-0.1, -0.05) is 24.3 Å². The molecule has 0 saturated heterocycles. The molecular formula is C23H16N2O2S. The number of amides is 1. The summed E-state index contributed by atoms with van der Waals surface area (Å²) in [7, 11) is 0. The first-order valence-corrected chi connectivity index (χ1v) is 10.1. The van der Waals surface area contributed by atoms with Crippen molar-refractivity contribution in [3.63, 3.8) is 0 Å². The molecule has 2 aromatic heterocycles. The maximum absolute atomic E-state index is 13.8. The van der Waals surface area contributed by atoms with E-state index in [4.69, 9.17) is 4.74 Å². The van der Waals surface area contributed by atoms with Crippen molar-refractivity contribution in [2.24, 2.45) is 0 Å². The lowest BCUT2D eigenvalue weighted by atomic mass is 9.77. The van der Waals surface area contributed by atoms with Gasteiger partial charge in [0, 0.05) is 22.1 Å². The first-order valence-electron chi connectivity index (χ1n) is 9.23. The van der Waals surface area contributed by atoms with Gasteiger partial charge in [0.15, 0.2) is 0 Å². The van der Waals surface area contributed by atoms with Gasteiger partial charge in [0.2, 0.25) is 5.91 Å². The minimum Gasteiger partial charge on any atom is -0.491 e. The highest BCUT2D eigenvalue weighted by atomic mass is 32.1. The zero-order valence-electron chi connectivity index (χ0n) is 15.0. The van der Waals surface area contributed by atoms with Crippen LogP contribution in [0.2, 0.25) is 0 Å². The number of hydrogen-bond acceptors (Lipinski definition) is 4. The fourth-order valence-corrected chi connectivity index (χ4v) is 5.25. The Morgan fingerprint density at radius 1 is 1.07 bits per heavy atom. The van der Waals surface area contributed by atoms with Crippen molar-refractivity contribution in [2.45, 2.75) is 12.0 Å². The highest BCUT2D eigenvalue weighted by Gasteiger charge is 2.56. The predicted octanol–water partition coefficient (Wildman–Crippen LogP) is 4.52. The molecule has 0 aliphatic carbocycles. The molecule has 2 aliphatic rings. The van der Waals surface area contributed by atoms with Crippen LogP contribution in [0.5, 0.6) is 5.75 Å². The Morgan fingerprint density at radius 2 is 1.96 bits per heavy atom. The molecule has 0 radical (unpaired) electrons. The molecule has 1 spiro atoms. The van der Waals surface area contributed by atoms with E-state index in [1.165, 1.54) is 4.70 Å². The zero-order chi connectivity index (χ0) is 18.7. The van der Waals surface area contributed by atoms with Gasteiger partial charge in [0.05, 0.1) is 12.2 Å². The second kappa shape index (κ2) is 5.66. The van der Waals surface area contributed by atoms with E-state index in [0.29, 0.717) is 13.2 Å². The van der Waals surface area contributed by atoms with Gasteiger partial charge >= 0.3 is 0 Å². The lowest BCUT2D eigenvalue weighted by Crippen LogP contribution is -2.42. The number of hydrogen-bond donors (Lipinski definition) is 0. The molecule has 4 aromatic rings. The topological polar surface area (TPSA) is 42.4 Å². The number of carbonyl (C=O) groups excluding carboxylic acids is 1. The maximum atomic E-state index is 13.8. The summed E-state index contributed by atoms with van der Waals surface area (Å²) in [5.41, 5.74) is 3.03. The number of pyridine rings is 1. The number of thiophene rings is 1. The van der Waals surface area contributed by atoms with Crippen molar-refractivity contribution >= 4 is 33.0 Å². The first-order chi connectivity index (χ1) is 13.8. The Balaban J connectivity index is 1.55. The summed E-state index contributed by atoms with van der Waals surface area (Å²) in [5, 5.41) is 3.23. The standard InChI is InChI=1S/C23H16N2O2S/c26-22-23(14-27-20-11-15-8-10-28-21(15)12-18(20)23)17-6-1-2-7-19(17)25(22)13-16-5-3-4-9-24-16/h1-12H,13-14H2. The van der Waals surface area contributed by atoms with Crippen LogP contribution in [0.3, 0.4) is 0 Å². The summed E-state index contributed by atoms with van der Waals surface area (Å²) >= 11 is 1.69. The SMILES string of the molecule is O=C1N(Cc2ccccn2)c2ccccc2C12COc1cc3ccsc3cc12. The highest BCUT2D eigenvalue weighted by Crippen LogP contribution is 2.53. The Labute approximate surface area is 166 Å². The van der Waals surface area contributed by atoms with Gasteiger partial charge < -0.3 is 9.64 Å². The predicted molar refractivity (Wildman–Crippen MR) is 110 cm³/mol. The number of ether oxygens (including phenoxy) is 1. The molecule has 2 aliphatic heterocycles. The molecule has 0 fully saturated rings. The van der Waals surface area contributed by atoms with Gasteiger partial charge in [0.25, 0.3) is 0 Å². The largest absolute Gasteiger partial charge is 0.491 e. The fourth-order valence-electron chi connectivity index (χ4n) is 4.44. The van der Waals surface area contributed by atoms with Crippen LogP contribution in [0.1, 0.15) is 16.8 Å². The molecule has 1 unspecified atom stereocenters. The van der Waals surface area contributed by atoms with Crippen LogP contribution in [0.4, 0.5) is 5.69 Å². The summed E-state index contributed by atoms with van der Waals surface area (Å²) in [6, 6.07) is 20.1. The van der Waals surface area contributed by atoms with E-state index in [1.54, 1.807) is 17.5 Å². The summed E-state index contributed by atoms with van der Waals surface area (Å²) in [6.45, 7) is 0.795. The molecule has 6 rings (SSSR count). The summed E-state index contributed by atoms with van der Waals surface area (Å²) in [5.74, 6) is 0.878. The van der Waals surface area contributed by atoms with Gasteiger partial charge in [-0.25, -0.2) is 0 Å². The summed E-state index contributed by atoms with van der Waals surface area (Å²) in [4.78, 5) is 20.1. The smallest absolute Gasteiger partial charge is 0.246 e. The molecule has 0 bridgehead atoms. The number of rotatable bonds is 2. The number of nitrogens with zero attached hydrogens (tertiary/aromatic N) is 2. The number of carbonyl (C=O) groups is 1. The van der Waals surface area contributed by atoms with Gasteiger partial charge in [-0.3, -0.25) is 9.78 Å². The molecular weight excluding hydrogens is 368 g/mol. The molecule has 4 nitrogen and oxygen atoms in total. The average Bonchev–Trinajstić information content (AvgIpc) is 3.40. The zero-order valence-corrected chi connectivity index (χ0v) is 15.8. The van der Waals surface area contributed by atoms with Crippen LogP contribution in [0, 0.1) is 0 Å². The number of para-hydroxylation sites is 1. The summed E-state index contributed by atoms with van der Waals surface area (Å²) in [6.07, 6.45) is 1.76. The molecule has 4 heterocycles. The van der Waals surface area contributed by atoms with Gasteiger partial charge in [-0.05, 0) is 52.7 Å². The Kier molecular flexibility index (Phi) is 3.20. The van der Waals surface area contributed by atoms with Crippen LogP contribution in [0.15, 0.2) is 72.2 Å². The molecule has 1 amide bonds. The number of aromatic nitrogens is 1. The third kappa shape index (κ3) is 1.99. The molecule has 5 heteroatoms. The minimum atomic E-state index is -0.779. The van der Waals surface area contributed by atoms with E-state index in [9.17, 15) is 4.79 Å². The minimum absolute atomic E-state index is 0.0639. The van der Waals surface area contributed by atoms with Crippen molar-refractivity contribution in [3.05, 3.63) is 89.1 Å². The van der Waals surface area contributed by atoms with Crippen molar-refractivity contribution < 1.29 is 9.53 Å². The van der Waals surface area contributed by atoms with E-state index in [0.717, 1.165) is 33.6 Å². The second-order valence-corrected chi connectivity index (χ2v) is 8.18. The lowest BCUT2D eigenvalue weighted by molar-refractivity contribution is -0.122. The lowest BCUT2D eigenvalue weighted by Gasteiger charge is -2.23. The van der Waals surface area contributed by atoms with Crippen LogP contribution >= 0.6 is 11.3 Å². The molecule has 136 valence electrons. The molecule has 2 aromatic carbocycles. The Bertz CT molecular complexity index is 1230. The van der Waals surface area contributed by atoms with E-state index >= 15 is 0 Å². The Morgan fingerprint density at radius 3 is 2.86 bits per heavy atom. The number of anilines is 1. The average molecular weight is 384 g/mol. The third-order valence-electron chi connectivity index (χ3n) is 5.77. The Hall–Kier alpha value is -3.18. The molecule has 1 atom stereocenters. The second-order valence-electron chi connectivity index (χ2n) is 7.23. The van der Waals surface area contributed by atoms with E-state index in [-0.39, 0.29) is 5.91 Å². The van der Waals surface area contributed by atoms with Gasteiger partial charge in [0.1, 0.15) is 17.8 Å². The van der Waals surface area contributed by atoms with Crippen LogP contribution in [-0.4, -0.2) is 17.5 Å². The van der Waals surface area contributed by atoms with E-state index < -0.39 is 5.41 Å². The van der Waals surface area contributed by atoms with Crippen molar-refractivity contribution in [2.75, 3.05) is 11.5 Å². The van der Waals surface area contributed by atoms with E-state index in [2.05, 4.69) is 34.6 Å². The quantitative estimate of drug-likeness (QED) is 0.510. The number of fused-ring (bicyclic) bond motifs is 5. The van der Waals surface area contributed by atoms with Crippen molar-refractivity contribution in [1.29, 1.82) is 0 Å². The normalized spacial score (nSPS) is 19.9. The van der Waals surface area contributed by atoms with E-state index in [1.807, 2.05) is 41.3 Å². The highest BCUT2D eigenvalue weighted by molar-refractivity contribution is 7.17. The van der Waals surface area contributed by atoms with Crippen molar-refractivity contribution in [1.82, 2.24) is 4.98 Å². The van der Waals surface area contributed by atoms with Crippen LogP contribution in [-0.2, 0) is 16.8 Å². The monoisotopic (exact) mass is 384 g/mol. The van der Waals surface area contributed by atoms with Crippen LogP contribution < -0.4 is 9.64 Å². The molecule has 28 heavy (non-hydrogen) atoms. The van der Waals surface area contributed by atoms with Crippen molar-refractivity contribution in [3.8, 4) is 5.75 Å². The molecule has 0 saturated carbocycles. The first kappa shape index (κ1) is 15.8. The molecule has 0 N–H and O–H groups in total. The third-order valence-corrected chi connectivity index (χ3v) is 6.65. The summed E-state index contributed by atoms with van der Waals surface area (Å²) < 4.78 is 7.26. The number of benzene rings is 2. The fraction of sp³-hybridized carbons (Fsp3) is 0.130. The van der Waals surface area contributed by atoms with Gasteiger partial charge in [-0.15, -0.1) is 11.3 Å².